The fourth-order valence-electron chi connectivity index (χ4n) is 1.87. The first-order valence-electron chi connectivity index (χ1n) is 5.60. The number of benzene rings is 1. The van der Waals surface area contributed by atoms with E-state index in [2.05, 4.69) is 21.2 Å². The molecule has 0 saturated carbocycles. The van der Waals surface area contributed by atoms with E-state index in [0.29, 0.717) is 0 Å². The van der Waals surface area contributed by atoms with Crippen molar-refractivity contribution in [3.63, 3.8) is 0 Å². The molecule has 0 unspecified atom stereocenters. The van der Waals surface area contributed by atoms with Crippen molar-refractivity contribution in [2.75, 3.05) is 18.0 Å². The molecule has 1 aliphatic rings. The molecule has 0 radical (unpaired) electrons. The molecular weight excluding hydrogens is 298 g/mol. The topological polar surface area (TPSA) is 75.4 Å². The second kappa shape index (κ2) is 5.07. The van der Waals surface area contributed by atoms with E-state index in [-0.39, 0.29) is 30.9 Å². The molecule has 1 fully saturated rings. The Bertz CT molecular complexity index is 486. The number of hydrogen-bond donors (Lipinski definition) is 2. The third-order valence-electron chi connectivity index (χ3n) is 2.79. The number of carbonyl (C=O) groups excluding carboxylic acids is 2. The highest BCUT2D eigenvalue weighted by Gasteiger charge is 2.24. The Kier molecular flexibility index (Phi) is 3.68. The summed E-state index contributed by atoms with van der Waals surface area (Å²) in [5.41, 5.74) is 7.62. The Hall–Kier alpha value is -1.40. The van der Waals surface area contributed by atoms with Crippen molar-refractivity contribution in [3.8, 4) is 0 Å². The second-order valence-electron chi connectivity index (χ2n) is 4.33. The van der Waals surface area contributed by atoms with Crippen LogP contribution in [-0.4, -0.2) is 24.9 Å². The lowest BCUT2D eigenvalue weighted by atomic mass is 10.1. The zero-order valence-corrected chi connectivity index (χ0v) is 11.5. The smallest absolute Gasteiger partial charge is 0.246 e. The van der Waals surface area contributed by atoms with Crippen molar-refractivity contribution in [1.82, 2.24) is 5.32 Å². The first-order chi connectivity index (χ1) is 8.47. The number of carbonyl (C=O) groups is 2. The minimum atomic E-state index is -0.283. The standard InChI is InChI=1S/C12H14BrN3O2/c1-7(14)8-2-3-10(9(13)4-8)16-5-11(17)15-12(18)6-16/h2-4,7H,5-6,14H2,1H3,(H,15,17,18)/t7-/m0/s1. The molecule has 2 amide bonds. The summed E-state index contributed by atoms with van der Waals surface area (Å²) in [5.74, 6) is -0.566. The van der Waals surface area contributed by atoms with Gasteiger partial charge in [-0.15, -0.1) is 0 Å². The third kappa shape index (κ3) is 2.70. The number of nitrogens with zero attached hydrogens (tertiary/aromatic N) is 1. The molecule has 1 aliphatic heterocycles. The molecular formula is C12H14BrN3O2. The maximum Gasteiger partial charge on any atom is 0.246 e. The van der Waals surface area contributed by atoms with Gasteiger partial charge in [-0.3, -0.25) is 14.9 Å². The molecule has 5 nitrogen and oxygen atoms in total. The van der Waals surface area contributed by atoms with Gasteiger partial charge in [0.15, 0.2) is 0 Å². The fourth-order valence-corrected chi connectivity index (χ4v) is 2.52. The van der Waals surface area contributed by atoms with E-state index in [1.807, 2.05) is 25.1 Å². The Morgan fingerprint density at radius 2 is 1.94 bits per heavy atom. The van der Waals surface area contributed by atoms with E-state index in [0.717, 1.165) is 15.7 Å². The number of piperazine rings is 1. The molecule has 0 aliphatic carbocycles. The molecule has 1 aromatic carbocycles. The van der Waals surface area contributed by atoms with Crippen LogP contribution in [0.2, 0.25) is 0 Å². The summed E-state index contributed by atoms with van der Waals surface area (Å²) in [5, 5.41) is 2.27. The molecule has 1 atom stereocenters. The van der Waals surface area contributed by atoms with Crippen LogP contribution < -0.4 is 16.0 Å². The van der Waals surface area contributed by atoms with E-state index >= 15 is 0 Å². The van der Waals surface area contributed by atoms with Gasteiger partial charge in [-0.25, -0.2) is 0 Å². The van der Waals surface area contributed by atoms with E-state index in [9.17, 15) is 9.59 Å². The van der Waals surface area contributed by atoms with Crippen molar-refractivity contribution >= 4 is 33.4 Å². The number of halogens is 1. The maximum atomic E-state index is 11.3. The van der Waals surface area contributed by atoms with Crippen LogP contribution in [0.1, 0.15) is 18.5 Å². The Balaban J connectivity index is 2.28. The van der Waals surface area contributed by atoms with Crippen molar-refractivity contribution in [3.05, 3.63) is 28.2 Å². The molecule has 6 heteroatoms. The zero-order chi connectivity index (χ0) is 13.3. The van der Waals surface area contributed by atoms with E-state index in [1.54, 1.807) is 4.90 Å². The van der Waals surface area contributed by atoms with Gasteiger partial charge in [-0.05, 0) is 40.5 Å². The van der Waals surface area contributed by atoms with Gasteiger partial charge < -0.3 is 10.6 Å². The number of nitrogens with one attached hydrogen (secondary N) is 1. The van der Waals surface area contributed by atoms with Crippen molar-refractivity contribution in [2.45, 2.75) is 13.0 Å². The highest BCUT2D eigenvalue weighted by Crippen LogP contribution is 2.29. The van der Waals surface area contributed by atoms with Crippen LogP contribution in [0, 0.1) is 0 Å². The average Bonchev–Trinajstić information content (AvgIpc) is 2.27. The monoisotopic (exact) mass is 311 g/mol. The fraction of sp³-hybridized carbons (Fsp3) is 0.333. The van der Waals surface area contributed by atoms with Crippen molar-refractivity contribution in [1.29, 1.82) is 0 Å². The molecule has 1 heterocycles. The Morgan fingerprint density at radius 3 is 2.44 bits per heavy atom. The summed E-state index contributed by atoms with van der Waals surface area (Å²) in [7, 11) is 0. The van der Waals surface area contributed by atoms with E-state index in [4.69, 9.17) is 5.73 Å². The Labute approximate surface area is 113 Å². The normalized spacial score (nSPS) is 17.6. The highest BCUT2D eigenvalue weighted by molar-refractivity contribution is 9.10. The van der Waals surface area contributed by atoms with Crippen LogP contribution in [0.4, 0.5) is 5.69 Å². The lowest BCUT2D eigenvalue weighted by Gasteiger charge is -2.28. The van der Waals surface area contributed by atoms with Gasteiger partial charge in [0.05, 0.1) is 18.8 Å². The molecule has 1 aromatic rings. The summed E-state index contributed by atoms with van der Waals surface area (Å²) < 4.78 is 0.833. The van der Waals surface area contributed by atoms with Crippen molar-refractivity contribution < 1.29 is 9.59 Å². The van der Waals surface area contributed by atoms with Crippen LogP contribution >= 0.6 is 15.9 Å². The van der Waals surface area contributed by atoms with Gasteiger partial charge in [0.2, 0.25) is 11.8 Å². The first-order valence-corrected chi connectivity index (χ1v) is 6.39. The van der Waals surface area contributed by atoms with Gasteiger partial charge in [0, 0.05) is 10.5 Å². The summed E-state index contributed by atoms with van der Waals surface area (Å²) in [6, 6.07) is 5.63. The minimum absolute atomic E-state index is 0.0540. The molecule has 1 saturated heterocycles. The molecule has 0 aromatic heterocycles. The lowest BCUT2D eigenvalue weighted by Crippen LogP contribution is -2.51. The highest BCUT2D eigenvalue weighted by atomic mass is 79.9. The van der Waals surface area contributed by atoms with Gasteiger partial charge in [-0.2, -0.15) is 0 Å². The Morgan fingerprint density at radius 1 is 1.33 bits per heavy atom. The second-order valence-corrected chi connectivity index (χ2v) is 5.18. The summed E-state index contributed by atoms with van der Waals surface area (Å²) in [6.45, 7) is 2.27. The predicted molar refractivity (Wildman–Crippen MR) is 72.1 cm³/mol. The van der Waals surface area contributed by atoms with Gasteiger partial charge in [0.1, 0.15) is 0 Å². The van der Waals surface area contributed by atoms with Gasteiger partial charge in [-0.1, -0.05) is 6.07 Å². The SMILES string of the molecule is C[C@H](N)c1ccc(N2CC(=O)NC(=O)C2)c(Br)c1. The first kappa shape index (κ1) is 13.0. The predicted octanol–water partition coefficient (Wildman–Crippen LogP) is 0.932. The quantitative estimate of drug-likeness (QED) is 0.797. The van der Waals surface area contributed by atoms with Crippen LogP contribution in [0.15, 0.2) is 22.7 Å². The largest absolute Gasteiger partial charge is 0.352 e. The molecule has 2 rings (SSSR count). The van der Waals surface area contributed by atoms with Crippen LogP contribution in [0.3, 0.4) is 0 Å². The summed E-state index contributed by atoms with van der Waals surface area (Å²) >= 11 is 3.45. The molecule has 3 N–H and O–H groups in total. The molecule has 18 heavy (non-hydrogen) atoms. The van der Waals surface area contributed by atoms with E-state index < -0.39 is 0 Å². The van der Waals surface area contributed by atoms with E-state index in [1.165, 1.54) is 0 Å². The summed E-state index contributed by atoms with van der Waals surface area (Å²) in [6.07, 6.45) is 0. The third-order valence-corrected chi connectivity index (χ3v) is 3.42. The molecule has 0 spiro atoms. The molecule has 0 bridgehead atoms. The number of rotatable bonds is 2. The average molecular weight is 312 g/mol. The number of anilines is 1. The number of amides is 2. The van der Waals surface area contributed by atoms with Crippen LogP contribution in [0.25, 0.3) is 0 Å². The van der Waals surface area contributed by atoms with Crippen LogP contribution in [-0.2, 0) is 9.59 Å². The number of nitrogens with two attached hydrogens (primary N) is 1. The van der Waals surface area contributed by atoms with Gasteiger partial charge >= 0.3 is 0 Å². The number of hydrogen-bond acceptors (Lipinski definition) is 4. The lowest BCUT2D eigenvalue weighted by molar-refractivity contribution is -0.130. The zero-order valence-electron chi connectivity index (χ0n) is 9.94. The number of imide groups is 1. The van der Waals surface area contributed by atoms with Gasteiger partial charge in [0.25, 0.3) is 0 Å². The van der Waals surface area contributed by atoms with Crippen molar-refractivity contribution in [2.24, 2.45) is 5.73 Å². The minimum Gasteiger partial charge on any atom is -0.352 e. The summed E-state index contributed by atoms with van der Waals surface area (Å²) in [4.78, 5) is 24.4. The van der Waals surface area contributed by atoms with Crippen LogP contribution in [0.5, 0.6) is 0 Å². The maximum absolute atomic E-state index is 11.3. The molecule has 96 valence electrons.